The molecule has 0 fully saturated rings. The van der Waals surface area contributed by atoms with E-state index in [4.69, 9.17) is 23.1 Å². The number of nitrogen functional groups attached to an aromatic ring is 2. The summed E-state index contributed by atoms with van der Waals surface area (Å²) in [5, 5.41) is -0.139. The van der Waals surface area contributed by atoms with E-state index in [0.717, 1.165) is 11.0 Å². The Balaban J connectivity index is 2.68. The van der Waals surface area contributed by atoms with Gasteiger partial charge in [0.1, 0.15) is 10.5 Å². The molecule has 6 N–H and O–H groups in total. The zero-order chi connectivity index (χ0) is 12.9. The van der Waals surface area contributed by atoms with Gasteiger partial charge in [-0.05, 0) is 18.2 Å². The molecule has 92 valence electrons. The minimum Gasteiger partial charge on any atom is -0.396 e. The summed E-state index contributed by atoms with van der Waals surface area (Å²) >= 11 is 5.86. The van der Waals surface area contributed by atoms with E-state index in [1.807, 2.05) is 18.2 Å². The molecule has 0 saturated heterocycles. The molecular weight excluding hydrogens is 255 g/mol. The van der Waals surface area contributed by atoms with Crippen LogP contribution in [0.25, 0.3) is 22.1 Å². The van der Waals surface area contributed by atoms with E-state index in [0.29, 0.717) is 5.52 Å². The van der Waals surface area contributed by atoms with Gasteiger partial charge in [-0.1, -0.05) is 17.7 Å². The van der Waals surface area contributed by atoms with Gasteiger partial charge < -0.3 is 21.4 Å². The highest BCUT2D eigenvalue weighted by molar-refractivity contribution is 6.35. The maximum Gasteiger partial charge on any atom is 0.169 e. The van der Waals surface area contributed by atoms with Crippen LogP contribution in [-0.4, -0.2) is 9.97 Å². The van der Waals surface area contributed by atoms with Gasteiger partial charge >= 0.3 is 0 Å². The smallest absolute Gasteiger partial charge is 0.169 e. The Labute approximate surface area is 106 Å². The van der Waals surface area contributed by atoms with Gasteiger partial charge in [-0.2, -0.15) is 0 Å². The van der Waals surface area contributed by atoms with Crippen molar-refractivity contribution in [3.63, 3.8) is 0 Å². The lowest BCUT2D eigenvalue weighted by molar-refractivity contribution is 0.638. The highest BCUT2D eigenvalue weighted by Crippen LogP contribution is 2.34. The summed E-state index contributed by atoms with van der Waals surface area (Å²) in [6.45, 7) is 0. The molecule has 2 aromatic carbocycles. The number of rotatable bonds is 0. The lowest BCUT2D eigenvalue weighted by atomic mass is 10.2. The van der Waals surface area contributed by atoms with Gasteiger partial charge in [-0.25, -0.2) is 4.39 Å². The fourth-order valence-electron chi connectivity index (χ4n) is 1.95. The van der Waals surface area contributed by atoms with Crippen LogP contribution < -0.4 is 11.5 Å². The molecule has 0 saturated carbocycles. The summed E-state index contributed by atoms with van der Waals surface area (Å²) in [5.74, 6) is -0.649. The number of anilines is 2. The molecule has 3 rings (SSSR count). The highest BCUT2D eigenvalue weighted by Gasteiger charge is 2.15. The number of nitrogens with two attached hydrogens (primary N) is 2. The largest absolute Gasteiger partial charge is 0.396 e. The van der Waals surface area contributed by atoms with Crippen molar-refractivity contribution in [1.29, 1.82) is 0 Å². The topological polar surface area (TPSA) is 83.6 Å². The number of fused-ring (bicyclic) bond motifs is 4. The van der Waals surface area contributed by atoms with Crippen LogP contribution in [0.2, 0.25) is 5.02 Å². The number of halogens is 2. The first kappa shape index (κ1) is 11.0. The van der Waals surface area contributed by atoms with E-state index in [1.54, 1.807) is 6.07 Å². The molecular formula is C12H10ClFN4. The quantitative estimate of drug-likeness (QED) is 0.470. The minimum absolute atomic E-state index is 0.101. The number of hydrogen-bond acceptors (Lipinski definition) is 2. The van der Waals surface area contributed by atoms with Crippen LogP contribution in [0, 0.1) is 5.82 Å². The number of H-pyrrole nitrogens is 2. The molecule has 0 unspecified atom stereocenters. The van der Waals surface area contributed by atoms with Crippen LogP contribution in [0.5, 0.6) is 0 Å². The Morgan fingerprint density at radius 1 is 1.00 bits per heavy atom. The summed E-state index contributed by atoms with van der Waals surface area (Å²) in [6.07, 6.45) is 0. The van der Waals surface area contributed by atoms with Crippen LogP contribution in [0.15, 0.2) is 24.3 Å². The second-order valence-electron chi connectivity index (χ2n) is 4.04. The maximum atomic E-state index is 14.0. The van der Waals surface area contributed by atoms with E-state index >= 15 is 0 Å². The predicted molar refractivity (Wildman–Crippen MR) is 72.8 cm³/mol. The summed E-state index contributed by atoms with van der Waals surface area (Å²) in [5.41, 5.74) is 14.1. The first-order valence-corrected chi connectivity index (χ1v) is 5.65. The molecule has 0 aliphatic carbocycles. The van der Waals surface area contributed by atoms with Gasteiger partial charge in [0, 0.05) is 11.0 Å². The number of hydrogen-bond donors (Lipinski definition) is 4. The van der Waals surface area contributed by atoms with Crippen LogP contribution in [0.3, 0.4) is 0 Å². The van der Waals surface area contributed by atoms with Crippen molar-refractivity contribution in [2.24, 2.45) is 0 Å². The van der Waals surface area contributed by atoms with Crippen molar-refractivity contribution in [2.75, 3.05) is 11.5 Å². The molecule has 3 aromatic rings. The molecule has 0 spiro atoms. The average Bonchev–Trinajstić information content (AvgIpc) is 2.37. The molecule has 18 heavy (non-hydrogen) atoms. The fraction of sp³-hybridized carbons (Fsp3) is 0. The normalized spacial score (nSPS) is 11.2. The Bertz CT molecular complexity index is 729. The monoisotopic (exact) mass is 264 g/mol. The molecule has 1 aromatic heterocycles. The third-order valence-electron chi connectivity index (χ3n) is 2.86. The van der Waals surface area contributed by atoms with E-state index in [-0.39, 0.29) is 21.9 Å². The second-order valence-corrected chi connectivity index (χ2v) is 4.41. The van der Waals surface area contributed by atoms with Crippen molar-refractivity contribution in [3.05, 3.63) is 35.1 Å². The summed E-state index contributed by atoms with van der Waals surface area (Å²) in [4.78, 5) is 5.96. The fourth-order valence-corrected chi connectivity index (χ4v) is 2.14. The number of nitrogens with one attached hydrogen (secondary N) is 2. The number of aromatic amines is 2. The molecule has 0 aliphatic heterocycles. The standard InChI is InChI=1S/C12H10ClFN4/c13-7-8(14)11-10(16)12(9(7)15)18-6-3-1-2-5(4-6)17-11/h1-4,17-18H,15-16H2. The molecule has 0 atom stereocenters. The Kier molecular flexibility index (Phi) is 2.24. The van der Waals surface area contributed by atoms with Gasteiger partial charge in [-0.15, -0.1) is 0 Å². The predicted octanol–water partition coefficient (Wildman–Crippen LogP) is 3.17. The van der Waals surface area contributed by atoms with Crippen molar-refractivity contribution < 1.29 is 4.39 Å². The van der Waals surface area contributed by atoms with Crippen LogP contribution in [0.1, 0.15) is 0 Å². The lowest BCUT2D eigenvalue weighted by Crippen LogP contribution is -2.01. The molecule has 0 amide bonds. The zero-order valence-electron chi connectivity index (χ0n) is 9.22. The molecule has 4 nitrogen and oxygen atoms in total. The van der Waals surface area contributed by atoms with Crippen LogP contribution in [-0.2, 0) is 0 Å². The Hall–Kier alpha value is -2.14. The second kappa shape index (κ2) is 3.68. The lowest BCUT2D eigenvalue weighted by Gasteiger charge is -2.10. The third-order valence-corrected chi connectivity index (χ3v) is 3.23. The Morgan fingerprint density at radius 3 is 2.28 bits per heavy atom. The number of aromatic nitrogens is 2. The molecule has 0 radical (unpaired) electrons. The average molecular weight is 265 g/mol. The summed E-state index contributed by atoms with van der Waals surface area (Å²) in [6, 6.07) is 7.32. The minimum atomic E-state index is -0.649. The van der Waals surface area contributed by atoms with Gasteiger partial charge in [0.05, 0.1) is 16.9 Å². The van der Waals surface area contributed by atoms with E-state index in [1.165, 1.54) is 0 Å². The van der Waals surface area contributed by atoms with Crippen molar-refractivity contribution in [2.45, 2.75) is 0 Å². The zero-order valence-corrected chi connectivity index (χ0v) is 9.98. The van der Waals surface area contributed by atoms with Crippen LogP contribution in [0.4, 0.5) is 15.8 Å². The highest BCUT2D eigenvalue weighted by atomic mass is 35.5. The van der Waals surface area contributed by atoms with Gasteiger partial charge in [0.2, 0.25) is 0 Å². The first-order valence-electron chi connectivity index (χ1n) is 5.28. The third kappa shape index (κ3) is 1.44. The van der Waals surface area contributed by atoms with Crippen LogP contribution >= 0.6 is 11.6 Å². The summed E-state index contributed by atoms with van der Waals surface area (Å²) < 4.78 is 14.0. The van der Waals surface area contributed by atoms with E-state index < -0.39 is 5.82 Å². The molecule has 1 heterocycles. The van der Waals surface area contributed by atoms with Crippen molar-refractivity contribution in [3.8, 4) is 0 Å². The first-order chi connectivity index (χ1) is 8.58. The van der Waals surface area contributed by atoms with E-state index in [9.17, 15) is 4.39 Å². The van der Waals surface area contributed by atoms with Gasteiger partial charge in [0.25, 0.3) is 0 Å². The molecule has 6 heteroatoms. The van der Waals surface area contributed by atoms with Gasteiger partial charge in [0.15, 0.2) is 5.82 Å². The maximum absolute atomic E-state index is 14.0. The SMILES string of the molecule is Nc1c(Cl)c(F)c2[nH]c3cccc(c3)[nH]c1c2N. The van der Waals surface area contributed by atoms with E-state index in [2.05, 4.69) is 9.97 Å². The molecule has 4 bridgehead atoms. The van der Waals surface area contributed by atoms with Crippen molar-refractivity contribution in [1.82, 2.24) is 9.97 Å². The van der Waals surface area contributed by atoms with Crippen molar-refractivity contribution >= 4 is 45.0 Å². The Morgan fingerprint density at radius 2 is 1.61 bits per heavy atom. The number of benzene rings is 2. The molecule has 0 aliphatic rings. The van der Waals surface area contributed by atoms with Gasteiger partial charge in [-0.3, -0.25) is 0 Å². The summed E-state index contributed by atoms with van der Waals surface area (Å²) in [7, 11) is 0.